The Morgan fingerprint density at radius 2 is 2.42 bits per heavy atom. The van der Waals surface area contributed by atoms with E-state index in [9.17, 15) is 4.79 Å². The van der Waals surface area contributed by atoms with Crippen molar-refractivity contribution in [2.75, 3.05) is 5.32 Å². The van der Waals surface area contributed by atoms with Gasteiger partial charge in [0, 0.05) is 6.07 Å². The molecule has 0 amide bonds. The topological polar surface area (TPSA) is 73.0 Å². The maximum absolute atomic E-state index is 11.8. The largest absolute Gasteiger partial charge is 0.377 e. The molecular weight excluding hydrogens is 268 g/mol. The number of halogens is 1. The molecular formula is C12H13ClN4O2. The molecule has 0 saturated carbocycles. The van der Waals surface area contributed by atoms with Crippen LogP contribution in [0.5, 0.6) is 0 Å². The second kappa shape index (κ2) is 5.71. The van der Waals surface area contributed by atoms with Crippen molar-refractivity contribution >= 4 is 17.3 Å². The Balaban J connectivity index is 2.15. The van der Waals surface area contributed by atoms with Gasteiger partial charge in [0.25, 0.3) is 5.56 Å². The Kier molecular flexibility index (Phi) is 4.01. The first kappa shape index (κ1) is 13.4. The van der Waals surface area contributed by atoms with E-state index in [-0.39, 0.29) is 10.6 Å². The maximum Gasteiger partial charge on any atom is 0.287 e. The number of nitrogens with zero attached hydrogens (tertiary/aromatic N) is 3. The molecule has 0 aliphatic carbocycles. The molecule has 0 aromatic carbocycles. The minimum Gasteiger partial charge on any atom is -0.377 e. The summed E-state index contributed by atoms with van der Waals surface area (Å²) < 4.78 is 6.18. The van der Waals surface area contributed by atoms with E-state index in [1.165, 1.54) is 10.9 Å². The molecule has 100 valence electrons. The number of aryl methyl sites for hydroxylation is 1. The Morgan fingerprint density at radius 1 is 1.63 bits per heavy atom. The fourth-order valence-electron chi connectivity index (χ4n) is 1.53. The third-order valence-electron chi connectivity index (χ3n) is 2.42. The zero-order valence-corrected chi connectivity index (χ0v) is 11.1. The highest BCUT2D eigenvalue weighted by Crippen LogP contribution is 2.16. The summed E-state index contributed by atoms with van der Waals surface area (Å²) >= 11 is 5.99. The van der Waals surface area contributed by atoms with Crippen LogP contribution in [0.2, 0.25) is 5.02 Å². The average molecular weight is 281 g/mol. The molecule has 0 atom stereocenters. The lowest BCUT2D eigenvalue weighted by Gasteiger charge is -2.07. The molecule has 19 heavy (non-hydrogen) atoms. The van der Waals surface area contributed by atoms with Crippen LogP contribution in [-0.2, 0) is 13.1 Å². The molecule has 0 aliphatic heterocycles. The highest BCUT2D eigenvalue weighted by atomic mass is 35.5. The first-order chi connectivity index (χ1) is 9.11. The van der Waals surface area contributed by atoms with E-state index in [4.69, 9.17) is 16.1 Å². The summed E-state index contributed by atoms with van der Waals surface area (Å²) in [4.78, 5) is 11.8. The molecule has 2 rings (SSSR count). The molecule has 2 heterocycles. The second-order valence-corrected chi connectivity index (χ2v) is 4.31. The fraction of sp³-hybridized carbons (Fsp3) is 0.250. The van der Waals surface area contributed by atoms with Crippen LogP contribution in [0.15, 0.2) is 34.2 Å². The molecule has 0 spiro atoms. The minimum atomic E-state index is -0.358. The lowest BCUT2D eigenvalue weighted by molar-refractivity contribution is 0.391. The zero-order chi connectivity index (χ0) is 13.8. The van der Waals surface area contributed by atoms with Gasteiger partial charge in [-0.15, -0.1) is 6.58 Å². The van der Waals surface area contributed by atoms with Crippen molar-refractivity contribution in [2.45, 2.75) is 20.0 Å². The van der Waals surface area contributed by atoms with Gasteiger partial charge in [-0.1, -0.05) is 22.8 Å². The number of allylic oxidation sites excluding steroid dienone is 1. The average Bonchev–Trinajstić information content (AvgIpc) is 2.80. The van der Waals surface area contributed by atoms with Crippen LogP contribution >= 0.6 is 11.6 Å². The van der Waals surface area contributed by atoms with Crippen LogP contribution in [0.25, 0.3) is 0 Å². The Hall–Kier alpha value is -2.08. The monoisotopic (exact) mass is 280 g/mol. The number of aromatic nitrogens is 3. The molecule has 0 unspecified atom stereocenters. The molecule has 0 bridgehead atoms. The van der Waals surface area contributed by atoms with Gasteiger partial charge in [-0.2, -0.15) is 5.10 Å². The summed E-state index contributed by atoms with van der Waals surface area (Å²) in [5, 5.41) is 10.9. The van der Waals surface area contributed by atoms with Gasteiger partial charge in [0.1, 0.15) is 16.5 Å². The van der Waals surface area contributed by atoms with Crippen LogP contribution in [-0.4, -0.2) is 14.9 Å². The molecule has 0 fully saturated rings. The van der Waals surface area contributed by atoms with Gasteiger partial charge < -0.3 is 9.84 Å². The van der Waals surface area contributed by atoms with Gasteiger partial charge in [0.15, 0.2) is 0 Å². The second-order valence-electron chi connectivity index (χ2n) is 3.93. The van der Waals surface area contributed by atoms with E-state index in [1.54, 1.807) is 12.1 Å². The lowest BCUT2D eigenvalue weighted by atomic mass is 10.3. The smallest absolute Gasteiger partial charge is 0.287 e. The van der Waals surface area contributed by atoms with E-state index in [0.29, 0.717) is 18.8 Å². The van der Waals surface area contributed by atoms with Crippen molar-refractivity contribution in [3.8, 4) is 0 Å². The predicted octanol–water partition coefficient (Wildman–Crippen LogP) is 1.99. The summed E-state index contributed by atoms with van der Waals surface area (Å²) in [6.45, 7) is 6.08. The van der Waals surface area contributed by atoms with Gasteiger partial charge in [-0.05, 0) is 6.92 Å². The maximum atomic E-state index is 11.8. The van der Waals surface area contributed by atoms with E-state index in [1.807, 2.05) is 6.92 Å². The Labute approximate surface area is 114 Å². The number of hydrogen-bond acceptors (Lipinski definition) is 5. The molecule has 2 aromatic rings. The third kappa shape index (κ3) is 3.03. The Morgan fingerprint density at radius 3 is 3.05 bits per heavy atom. The fourth-order valence-corrected chi connectivity index (χ4v) is 1.74. The standard InChI is InChI=1S/C12H13ClN4O2/c1-3-4-17-12(18)11(13)10(7-15-17)14-6-9-5-8(2)19-16-9/h3,5,7,14H,1,4,6H2,2H3. The van der Waals surface area contributed by atoms with Gasteiger partial charge in [-0.3, -0.25) is 4.79 Å². The number of hydrogen-bond donors (Lipinski definition) is 1. The van der Waals surface area contributed by atoms with E-state index in [2.05, 4.69) is 22.2 Å². The summed E-state index contributed by atoms with van der Waals surface area (Å²) in [6.07, 6.45) is 3.08. The molecule has 0 radical (unpaired) electrons. The van der Waals surface area contributed by atoms with Gasteiger partial charge in [0.05, 0.1) is 25.0 Å². The summed E-state index contributed by atoms with van der Waals surface area (Å²) in [5.41, 5.74) is 0.833. The van der Waals surface area contributed by atoms with Crippen LogP contribution < -0.4 is 10.9 Å². The van der Waals surface area contributed by atoms with Gasteiger partial charge >= 0.3 is 0 Å². The number of nitrogens with one attached hydrogen (secondary N) is 1. The van der Waals surface area contributed by atoms with Crippen molar-refractivity contribution in [3.05, 3.63) is 51.7 Å². The van der Waals surface area contributed by atoms with E-state index < -0.39 is 0 Å². The summed E-state index contributed by atoms with van der Waals surface area (Å²) in [7, 11) is 0. The van der Waals surface area contributed by atoms with Crippen molar-refractivity contribution in [1.29, 1.82) is 0 Å². The normalized spacial score (nSPS) is 10.4. The van der Waals surface area contributed by atoms with Crippen molar-refractivity contribution in [1.82, 2.24) is 14.9 Å². The van der Waals surface area contributed by atoms with Gasteiger partial charge in [-0.25, -0.2) is 4.68 Å². The molecule has 6 nitrogen and oxygen atoms in total. The number of anilines is 1. The van der Waals surface area contributed by atoms with Crippen molar-refractivity contribution in [2.24, 2.45) is 0 Å². The summed E-state index contributed by atoms with van der Waals surface area (Å²) in [6, 6.07) is 1.80. The van der Waals surface area contributed by atoms with Crippen molar-refractivity contribution in [3.63, 3.8) is 0 Å². The zero-order valence-electron chi connectivity index (χ0n) is 10.4. The predicted molar refractivity (Wildman–Crippen MR) is 72.3 cm³/mol. The molecule has 7 heteroatoms. The van der Waals surface area contributed by atoms with Crippen LogP contribution in [0, 0.1) is 6.92 Å². The van der Waals surface area contributed by atoms with Crippen molar-refractivity contribution < 1.29 is 4.52 Å². The highest BCUT2D eigenvalue weighted by molar-refractivity contribution is 6.32. The first-order valence-corrected chi connectivity index (χ1v) is 6.02. The van der Waals surface area contributed by atoms with Gasteiger partial charge in [0.2, 0.25) is 0 Å². The third-order valence-corrected chi connectivity index (χ3v) is 2.79. The highest BCUT2D eigenvalue weighted by Gasteiger charge is 2.09. The Bertz CT molecular complexity index is 647. The molecule has 2 aromatic heterocycles. The number of rotatable bonds is 5. The molecule has 0 aliphatic rings. The minimum absolute atomic E-state index is 0.0945. The van der Waals surface area contributed by atoms with E-state index >= 15 is 0 Å². The van der Waals surface area contributed by atoms with Crippen LogP contribution in [0.1, 0.15) is 11.5 Å². The van der Waals surface area contributed by atoms with E-state index in [0.717, 1.165) is 11.5 Å². The quantitative estimate of drug-likeness (QED) is 0.848. The summed E-state index contributed by atoms with van der Waals surface area (Å²) in [5.74, 6) is 0.724. The SMILES string of the molecule is C=CCn1ncc(NCc2cc(C)on2)c(Cl)c1=O. The van der Waals surface area contributed by atoms with Crippen LogP contribution in [0.3, 0.4) is 0 Å². The molecule has 1 N–H and O–H groups in total. The lowest BCUT2D eigenvalue weighted by Crippen LogP contribution is -2.23. The molecule has 0 saturated heterocycles. The van der Waals surface area contributed by atoms with Crippen LogP contribution in [0.4, 0.5) is 5.69 Å². The first-order valence-electron chi connectivity index (χ1n) is 5.64.